The maximum atomic E-state index is 13.0. The third-order valence-corrected chi connectivity index (χ3v) is 5.20. The molecular weight excluding hydrogens is 336 g/mol. The summed E-state index contributed by atoms with van der Waals surface area (Å²) >= 11 is 0. The minimum Gasteiger partial charge on any atom is -0.494 e. The number of ether oxygens (including phenoxy) is 1. The molecular formula is C23H30N2O2. The van der Waals surface area contributed by atoms with Crippen LogP contribution in [0.1, 0.15) is 42.9 Å². The second-order valence-electron chi connectivity index (χ2n) is 7.45. The fraction of sp³-hybridized carbons (Fsp3) is 0.435. The number of nitrogens with one attached hydrogen (secondary N) is 1. The number of carbonyl (C=O) groups excluding carboxylic acids is 1. The topological polar surface area (TPSA) is 41.6 Å². The Balaban J connectivity index is 1.67. The van der Waals surface area contributed by atoms with Gasteiger partial charge in [-0.1, -0.05) is 42.5 Å². The van der Waals surface area contributed by atoms with Crippen molar-refractivity contribution < 1.29 is 9.53 Å². The Morgan fingerprint density at radius 2 is 1.74 bits per heavy atom. The third-order valence-electron chi connectivity index (χ3n) is 5.20. The van der Waals surface area contributed by atoms with Gasteiger partial charge in [-0.15, -0.1) is 0 Å². The van der Waals surface area contributed by atoms with E-state index >= 15 is 0 Å². The lowest BCUT2D eigenvalue weighted by Crippen LogP contribution is -2.37. The second-order valence-corrected chi connectivity index (χ2v) is 7.45. The molecule has 0 aromatic heterocycles. The summed E-state index contributed by atoms with van der Waals surface area (Å²) in [7, 11) is 4.09. The molecule has 0 saturated heterocycles. The highest BCUT2D eigenvalue weighted by atomic mass is 16.5. The number of likely N-dealkylation sites (N-methyl/N-ethyl adjacent to an activating group) is 1. The summed E-state index contributed by atoms with van der Waals surface area (Å²) in [5.41, 5.74) is 2.30. The average Bonchev–Trinajstić information content (AvgIpc) is 3.49. The van der Waals surface area contributed by atoms with E-state index in [9.17, 15) is 4.79 Å². The molecule has 144 valence electrons. The van der Waals surface area contributed by atoms with Gasteiger partial charge < -0.3 is 15.0 Å². The lowest BCUT2D eigenvalue weighted by atomic mass is 9.93. The Kier molecular flexibility index (Phi) is 6.51. The van der Waals surface area contributed by atoms with E-state index in [4.69, 9.17) is 4.74 Å². The Hall–Kier alpha value is -2.33. The van der Waals surface area contributed by atoms with Crippen molar-refractivity contribution in [2.75, 3.05) is 27.2 Å². The van der Waals surface area contributed by atoms with Crippen LogP contribution in [0.2, 0.25) is 0 Å². The summed E-state index contributed by atoms with van der Waals surface area (Å²) in [6.45, 7) is 3.24. The first-order valence-corrected chi connectivity index (χ1v) is 9.82. The molecule has 1 amide bonds. The molecule has 2 aromatic carbocycles. The van der Waals surface area contributed by atoms with Gasteiger partial charge in [-0.25, -0.2) is 0 Å². The van der Waals surface area contributed by atoms with Gasteiger partial charge >= 0.3 is 0 Å². The summed E-state index contributed by atoms with van der Waals surface area (Å²) in [4.78, 5) is 15.1. The van der Waals surface area contributed by atoms with Crippen molar-refractivity contribution in [3.8, 4) is 5.75 Å². The SMILES string of the molecule is CCOc1ccc(C(CNC(=O)C(c2ccccc2)C2CC2)N(C)C)cc1. The number of hydrogen-bond acceptors (Lipinski definition) is 3. The van der Waals surface area contributed by atoms with Crippen LogP contribution in [0.5, 0.6) is 5.75 Å². The molecule has 1 aliphatic carbocycles. The Bertz CT molecular complexity index is 724. The highest BCUT2D eigenvalue weighted by molar-refractivity contribution is 5.84. The molecule has 4 heteroatoms. The molecule has 0 radical (unpaired) electrons. The fourth-order valence-corrected chi connectivity index (χ4v) is 3.59. The molecule has 0 bridgehead atoms. The lowest BCUT2D eigenvalue weighted by molar-refractivity contribution is -0.123. The number of nitrogens with zero attached hydrogens (tertiary/aromatic N) is 1. The molecule has 2 atom stereocenters. The van der Waals surface area contributed by atoms with Gasteiger partial charge in [0.2, 0.25) is 5.91 Å². The van der Waals surface area contributed by atoms with Crippen molar-refractivity contribution >= 4 is 5.91 Å². The summed E-state index contributed by atoms with van der Waals surface area (Å²) in [5, 5.41) is 3.21. The molecule has 3 rings (SSSR count). The Morgan fingerprint density at radius 1 is 1.07 bits per heavy atom. The van der Waals surface area contributed by atoms with E-state index in [2.05, 4.69) is 34.5 Å². The van der Waals surface area contributed by atoms with Gasteiger partial charge in [0.1, 0.15) is 5.75 Å². The van der Waals surface area contributed by atoms with E-state index in [0.29, 0.717) is 19.1 Å². The summed E-state index contributed by atoms with van der Waals surface area (Å²) in [5.74, 6) is 1.46. The quantitative estimate of drug-likeness (QED) is 0.729. The van der Waals surface area contributed by atoms with Crippen LogP contribution in [-0.2, 0) is 4.79 Å². The van der Waals surface area contributed by atoms with Crippen molar-refractivity contribution in [2.24, 2.45) is 5.92 Å². The number of amides is 1. The van der Waals surface area contributed by atoms with Gasteiger partial charge in [0.25, 0.3) is 0 Å². The largest absolute Gasteiger partial charge is 0.494 e. The maximum absolute atomic E-state index is 13.0. The molecule has 2 aromatic rings. The van der Waals surface area contributed by atoms with Crippen LogP contribution in [0, 0.1) is 5.92 Å². The van der Waals surface area contributed by atoms with Gasteiger partial charge in [-0.3, -0.25) is 4.79 Å². The molecule has 27 heavy (non-hydrogen) atoms. The normalized spacial score (nSPS) is 16.0. The zero-order chi connectivity index (χ0) is 19.2. The van der Waals surface area contributed by atoms with E-state index in [1.807, 2.05) is 51.4 Å². The van der Waals surface area contributed by atoms with Crippen molar-refractivity contribution in [3.63, 3.8) is 0 Å². The highest BCUT2D eigenvalue weighted by Gasteiger charge is 2.37. The van der Waals surface area contributed by atoms with Crippen LogP contribution in [0.25, 0.3) is 0 Å². The molecule has 0 aliphatic heterocycles. The first kappa shape index (κ1) is 19.4. The number of rotatable bonds is 9. The van der Waals surface area contributed by atoms with Crippen LogP contribution < -0.4 is 10.1 Å². The maximum Gasteiger partial charge on any atom is 0.227 e. The van der Waals surface area contributed by atoms with Gasteiger partial charge in [-0.2, -0.15) is 0 Å². The molecule has 1 saturated carbocycles. The third kappa shape index (κ3) is 5.10. The number of benzene rings is 2. The second kappa shape index (κ2) is 9.05. The first-order chi connectivity index (χ1) is 13.1. The summed E-state index contributed by atoms with van der Waals surface area (Å²) in [6.07, 6.45) is 2.28. The fourth-order valence-electron chi connectivity index (χ4n) is 3.59. The van der Waals surface area contributed by atoms with E-state index < -0.39 is 0 Å². The molecule has 0 heterocycles. The van der Waals surface area contributed by atoms with E-state index in [0.717, 1.165) is 24.2 Å². The smallest absolute Gasteiger partial charge is 0.227 e. The molecule has 1 aliphatic rings. The van der Waals surface area contributed by atoms with Gasteiger partial charge in [-0.05, 0) is 63.0 Å². The zero-order valence-corrected chi connectivity index (χ0v) is 16.5. The van der Waals surface area contributed by atoms with E-state index in [1.165, 1.54) is 5.56 Å². The minimum atomic E-state index is -0.0330. The van der Waals surface area contributed by atoms with Crippen LogP contribution in [0.4, 0.5) is 0 Å². The number of hydrogen-bond donors (Lipinski definition) is 1. The zero-order valence-electron chi connectivity index (χ0n) is 16.5. The molecule has 2 unspecified atom stereocenters. The summed E-state index contributed by atoms with van der Waals surface area (Å²) < 4.78 is 5.53. The average molecular weight is 367 g/mol. The molecule has 1 fully saturated rings. The van der Waals surface area contributed by atoms with Crippen LogP contribution >= 0.6 is 0 Å². The Morgan fingerprint density at radius 3 is 2.30 bits per heavy atom. The van der Waals surface area contributed by atoms with Gasteiger partial charge in [0, 0.05) is 6.54 Å². The predicted octanol–water partition coefficient (Wildman–Crippen LogP) is 4.00. The standard InChI is InChI=1S/C23H30N2O2/c1-4-27-20-14-12-17(13-15-20)21(25(2)3)16-24-23(26)22(19-10-11-19)18-8-6-5-7-9-18/h5-9,12-15,19,21-22H,4,10-11,16H2,1-3H3,(H,24,26). The van der Waals surface area contributed by atoms with Crippen LogP contribution in [0.15, 0.2) is 54.6 Å². The highest BCUT2D eigenvalue weighted by Crippen LogP contribution is 2.42. The van der Waals surface area contributed by atoms with Crippen molar-refractivity contribution in [1.82, 2.24) is 10.2 Å². The van der Waals surface area contributed by atoms with Gasteiger partial charge in [0.15, 0.2) is 0 Å². The number of carbonyl (C=O) groups is 1. The monoisotopic (exact) mass is 366 g/mol. The van der Waals surface area contributed by atoms with Crippen LogP contribution in [-0.4, -0.2) is 38.1 Å². The van der Waals surface area contributed by atoms with Crippen molar-refractivity contribution in [3.05, 3.63) is 65.7 Å². The van der Waals surface area contributed by atoms with Gasteiger partial charge in [0.05, 0.1) is 18.6 Å². The summed E-state index contributed by atoms with van der Waals surface area (Å²) in [6, 6.07) is 18.4. The van der Waals surface area contributed by atoms with Crippen molar-refractivity contribution in [1.29, 1.82) is 0 Å². The van der Waals surface area contributed by atoms with Crippen LogP contribution in [0.3, 0.4) is 0 Å². The molecule has 1 N–H and O–H groups in total. The molecule has 0 spiro atoms. The van der Waals surface area contributed by atoms with E-state index in [-0.39, 0.29) is 17.9 Å². The Labute approximate surface area is 162 Å². The molecule has 4 nitrogen and oxygen atoms in total. The first-order valence-electron chi connectivity index (χ1n) is 9.82. The van der Waals surface area contributed by atoms with Crippen molar-refractivity contribution in [2.45, 2.75) is 31.7 Å². The minimum absolute atomic E-state index is 0.0330. The lowest BCUT2D eigenvalue weighted by Gasteiger charge is -2.26. The van der Waals surface area contributed by atoms with E-state index in [1.54, 1.807) is 0 Å². The predicted molar refractivity (Wildman–Crippen MR) is 109 cm³/mol.